The lowest BCUT2D eigenvalue weighted by atomic mass is 9.96. The molecule has 0 aliphatic carbocycles. The Labute approximate surface area is 189 Å². The van der Waals surface area contributed by atoms with E-state index in [0.717, 1.165) is 25.9 Å². The molecule has 0 heterocycles. The molecule has 0 N–H and O–H groups in total. The quantitative estimate of drug-likeness (QED) is 0.309. The summed E-state index contributed by atoms with van der Waals surface area (Å²) in [6.45, 7) is 11.8. The fourth-order valence-electron chi connectivity index (χ4n) is 3.90. The van der Waals surface area contributed by atoms with Gasteiger partial charge in [-0.3, -0.25) is 9.69 Å². The minimum atomic E-state index is -0.467. The van der Waals surface area contributed by atoms with E-state index in [4.69, 9.17) is 4.74 Å². The van der Waals surface area contributed by atoms with Crippen molar-refractivity contribution in [3.05, 3.63) is 83.9 Å². The molecule has 2 aromatic rings. The van der Waals surface area contributed by atoms with Crippen molar-refractivity contribution in [3.63, 3.8) is 0 Å². The van der Waals surface area contributed by atoms with Crippen LogP contribution >= 0.6 is 0 Å². The summed E-state index contributed by atoms with van der Waals surface area (Å²) in [4.78, 5) is 15.2. The second-order valence-electron chi connectivity index (χ2n) is 9.37. The van der Waals surface area contributed by atoms with Crippen molar-refractivity contribution in [1.29, 1.82) is 0 Å². The maximum absolute atomic E-state index is 12.8. The monoisotopic (exact) mass is 421 g/mol. The highest BCUT2D eigenvalue weighted by atomic mass is 16.6. The van der Waals surface area contributed by atoms with Gasteiger partial charge in [0.15, 0.2) is 0 Å². The minimum absolute atomic E-state index is 0.116. The van der Waals surface area contributed by atoms with Gasteiger partial charge in [0.05, 0.1) is 6.42 Å². The molecular weight excluding hydrogens is 382 g/mol. The molecule has 0 unspecified atom stereocenters. The Morgan fingerprint density at radius 2 is 1.58 bits per heavy atom. The van der Waals surface area contributed by atoms with E-state index in [0.29, 0.717) is 12.3 Å². The lowest BCUT2D eigenvalue weighted by Crippen LogP contribution is -2.40. The van der Waals surface area contributed by atoms with Gasteiger partial charge in [0.2, 0.25) is 0 Å². The Balaban J connectivity index is 2.23. The van der Waals surface area contributed by atoms with E-state index in [1.54, 1.807) is 0 Å². The van der Waals surface area contributed by atoms with E-state index in [1.165, 1.54) is 11.1 Å². The Morgan fingerprint density at radius 3 is 2.13 bits per heavy atom. The normalized spacial score (nSPS) is 14.0. The maximum atomic E-state index is 12.8. The van der Waals surface area contributed by atoms with Gasteiger partial charge in [-0.05, 0) is 57.6 Å². The second-order valence-corrected chi connectivity index (χ2v) is 9.37. The zero-order valence-electron chi connectivity index (χ0n) is 19.9. The Morgan fingerprint density at radius 1 is 1.00 bits per heavy atom. The van der Waals surface area contributed by atoms with E-state index in [2.05, 4.69) is 85.5 Å². The molecule has 168 valence electrons. The van der Waals surface area contributed by atoms with Gasteiger partial charge in [-0.2, -0.15) is 0 Å². The lowest BCUT2D eigenvalue weighted by molar-refractivity contribution is -0.156. The lowest BCUT2D eigenvalue weighted by Gasteiger charge is -2.33. The molecule has 2 rings (SSSR count). The summed E-state index contributed by atoms with van der Waals surface area (Å²) in [6.07, 6.45) is 6.60. The highest BCUT2D eigenvalue weighted by Crippen LogP contribution is 2.22. The van der Waals surface area contributed by atoms with E-state index in [-0.39, 0.29) is 12.0 Å². The van der Waals surface area contributed by atoms with E-state index >= 15 is 0 Å². The highest BCUT2D eigenvalue weighted by Gasteiger charge is 2.26. The molecule has 3 heteroatoms. The molecule has 0 aromatic heterocycles. The van der Waals surface area contributed by atoms with Crippen molar-refractivity contribution in [1.82, 2.24) is 4.90 Å². The van der Waals surface area contributed by atoms with Crippen LogP contribution in [0.5, 0.6) is 0 Å². The molecule has 0 saturated carbocycles. The molecule has 0 saturated heterocycles. The van der Waals surface area contributed by atoms with Crippen LogP contribution in [0, 0.1) is 5.92 Å². The Hall–Kier alpha value is -2.39. The number of hydrogen-bond acceptors (Lipinski definition) is 3. The van der Waals surface area contributed by atoms with Crippen molar-refractivity contribution in [2.75, 3.05) is 6.54 Å². The van der Waals surface area contributed by atoms with Crippen molar-refractivity contribution in [2.24, 2.45) is 5.92 Å². The summed E-state index contributed by atoms with van der Waals surface area (Å²) >= 11 is 0. The third-order valence-electron chi connectivity index (χ3n) is 5.26. The molecule has 0 aliphatic rings. The zero-order valence-corrected chi connectivity index (χ0v) is 19.9. The largest absolute Gasteiger partial charge is 0.460 e. The Kier molecular flexibility index (Phi) is 10.00. The summed E-state index contributed by atoms with van der Waals surface area (Å²) in [5, 5.41) is 0. The molecule has 0 bridgehead atoms. The highest BCUT2D eigenvalue weighted by molar-refractivity contribution is 5.70. The first-order valence-corrected chi connectivity index (χ1v) is 11.4. The molecule has 31 heavy (non-hydrogen) atoms. The summed E-state index contributed by atoms with van der Waals surface area (Å²) in [5.74, 6) is 0.274. The topological polar surface area (TPSA) is 29.5 Å². The van der Waals surface area contributed by atoms with Gasteiger partial charge in [-0.15, -0.1) is 0 Å². The summed E-state index contributed by atoms with van der Waals surface area (Å²) < 4.78 is 5.69. The molecule has 0 fully saturated rings. The zero-order chi connectivity index (χ0) is 22.7. The molecule has 0 amide bonds. The Bertz CT molecular complexity index is 793. The summed E-state index contributed by atoms with van der Waals surface area (Å²) in [6, 6.07) is 21.2. The van der Waals surface area contributed by atoms with Crippen LogP contribution in [0.25, 0.3) is 0 Å². The maximum Gasteiger partial charge on any atom is 0.307 e. The van der Waals surface area contributed by atoms with Gasteiger partial charge in [-0.25, -0.2) is 0 Å². The number of nitrogens with zero attached hydrogens (tertiary/aromatic N) is 1. The fourth-order valence-corrected chi connectivity index (χ4v) is 3.90. The predicted octanol–water partition coefficient (Wildman–Crippen LogP) is 6.43. The standard InChI is InChI=1S/C28H39NO2/c1-6-13-23(2)20-26(21-27(30)31-28(3,4)5)29(22-25-16-11-8-12-17-25)19-18-24-14-9-7-10-15-24/h6-17,23,26H,18-22H2,1-5H3/t23-,26-/m1/s1. The van der Waals surface area contributed by atoms with Crippen LogP contribution < -0.4 is 0 Å². The summed E-state index contributed by atoms with van der Waals surface area (Å²) in [5.41, 5.74) is 2.12. The van der Waals surface area contributed by atoms with Gasteiger partial charge >= 0.3 is 5.97 Å². The van der Waals surface area contributed by atoms with Crippen LogP contribution in [0.15, 0.2) is 72.8 Å². The van der Waals surface area contributed by atoms with Crippen LogP contribution in [0.1, 0.15) is 58.6 Å². The predicted molar refractivity (Wildman–Crippen MR) is 130 cm³/mol. The molecule has 3 nitrogen and oxygen atoms in total. The first kappa shape index (κ1) is 24.9. The van der Waals surface area contributed by atoms with E-state index < -0.39 is 5.60 Å². The molecule has 2 atom stereocenters. The van der Waals surface area contributed by atoms with Crippen LogP contribution in [0.4, 0.5) is 0 Å². The average molecular weight is 422 g/mol. The molecule has 0 spiro atoms. The van der Waals surface area contributed by atoms with Gasteiger partial charge in [0, 0.05) is 19.1 Å². The number of allylic oxidation sites excluding steroid dienone is 2. The van der Waals surface area contributed by atoms with Gasteiger partial charge in [0.25, 0.3) is 0 Å². The van der Waals surface area contributed by atoms with Crippen LogP contribution in [0.2, 0.25) is 0 Å². The van der Waals surface area contributed by atoms with E-state index in [9.17, 15) is 4.79 Å². The fraction of sp³-hybridized carbons (Fsp3) is 0.464. The van der Waals surface area contributed by atoms with E-state index in [1.807, 2.05) is 26.8 Å². The third kappa shape index (κ3) is 9.97. The number of ether oxygens (including phenoxy) is 1. The smallest absolute Gasteiger partial charge is 0.307 e. The van der Waals surface area contributed by atoms with Crippen molar-refractivity contribution in [3.8, 4) is 0 Å². The number of benzene rings is 2. The molecular formula is C28H39NO2. The number of esters is 1. The molecule has 2 aromatic carbocycles. The van der Waals surface area contributed by atoms with Gasteiger partial charge in [-0.1, -0.05) is 79.7 Å². The number of carbonyl (C=O) groups is 1. The van der Waals surface area contributed by atoms with Crippen LogP contribution in [0.3, 0.4) is 0 Å². The number of rotatable bonds is 11. The summed E-state index contributed by atoms with van der Waals surface area (Å²) in [7, 11) is 0. The second kappa shape index (κ2) is 12.5. The van der Waals surface area contributed by atoms with Gasteiger partial charge in [0.1, 0.15) is 5.60 Å². The minimum Gasteiger partial charge on any atom is -0.460 e. The average Bonchev–Trinajstić information content (AvgIpc) is 2.71. The first-order valence-electron chi connectivity index (χ1n) is 11.4. The first-order chi connectivity index (χ1) is 14.8. The van der Waals surface area contributed by atoms with Crippen molar-refractivity contribution >= 4 is 5.97 Å². The molecule has 0 aliphatic heterocycles. The third-order valence-corrected chi connectivity index (χ3v) is 5.26. The SMILES string of the molecule is CC=C[C@@H](C)C[C@H](CC(=O)OC(C)(C)C)N(CCc1ccccc1)Cc1ccccc1. The van der Waals surface area contributed by atoms with Crippen LogP contribution in [-0.2, 0) is 22.5 Å². The number of hydrogen-bond donors (Lipinski definition) is 0. The molecule has 0 radical (unpaired) electrons. The van der Waals surface area contributed by atoms with Gasteiger partial charge < -0.3 is 4.74 Å². The van der Waals surface area contributed by atoms with Crippen molar-refractivity contribution in [2.45, 2.75) is 72.1 Å². The number of carbonyl (C=O) groups excluding carboxylic acids is 1. The van der Waals surface area contributed by atoms with Crippen molar-refractivity contribution < 1.29 is 9.53 Å². The van der Waals surface area contributed by atoms with Crippen LogP contribution in [-0.4, -0.2) is 29.1 Å².